The molecule has 0 saturated heterocycles. The molecule has 0 fully saturated rings. The van der Waals surface area contributed by atoms with Crippen molar-refractivity contribution in [2.75, 3.05) is 13.7 Å². The predicted octanol–water partition coefficient (Wildman–Crippen LogP) is 3.15. The van der Waals surface area contributed by atoms with E-state index in [-0.39, 0.29) is 35.2 Å². The lowest BCUT2D eigenvalue weighted by molar-refractivity contribution is 0.0988. The molecule has 3 rings (SSSR count). The summed E-state index contributed by atoms with van der Waals surface area (Å²) in [5.41, 5.74) is 5.38. The fraction of sp³-hybridized carbons (Fsp3) is 0.333. The summed E-state index contributed by atoms with van der Waals surface area (Å²) in [5.74, 6) is -0.939. The Morgan fingerprint density at radius 3 is 2.80 bits per heavy atom. The summed E-state index contributed by atoms with van der Waals surface area (Å²) in [6.45, 7) is 1.58. The lowest BCUT2D eigenvalue weighted by Gasteiger charge is -2.38. The third kappa shape index (κ3) is 4.35. The molecule has 30 heavy (non-hydrogen) atoms. The standard InChI is InChI=1S/C21H20F2N4O2S/c1-21(19(23)18(11-29-2)30-20(25)27-21)14-7-12(3-5-15(14)22)8-17(28)16-6-4-13(9-24)10-26-16/h3-7,10,18-19H,8,11H2,1-2H3,(H2,25,27)/t18-,19+,21-/m1/s1. The topological polar surface area (TPSA) is 101 Å². The first kappa shape index (κ1) is 21.9. The third-order valence-electron chi connectivity index (χ3n) is 4.93. The smallest absolute Gasteiger partial charge is 0.185 e. The first-order valence-corrected chi connectivity index (χ1v) is 9.99. The lowest BCUT2D eigenvalue weighted by Crippen LogP contribution is -2.47. The van der Waals surface area contributed by atoms with Crippen molar-refractivity contribution in [3.63, 3.8) is 0 Å². The number of nitriles is 1. The molecule has 0 bridgehead atoms. The zero-order chi connectivity index (χ0) is 21.9. The second-order valence-corrected chi connectivity index (χ2v) is 8.33. The molecule has 2 N–H and O–H groups in total. The van der Waals surface area contributed by atoms with Crippen LogP contribution >= 0.6 is 11.8 Å². The first-order chi connectivity index (χ1) is 14.3. The van der Waals surface area contributed by atoms with Gasteiger partial charge in [0.15, 0.2) is 11.0 Å². The molecule has 2 aromatic rings. The number of thioether (sulfide) groups is 1. The van der Waals surface area contributed by atoms with Crippen molar-refractivity contribution in [1.29, 1.82) is 5.26 Å². The Morgan fingerprint density at radius 2 is 2.17 bits per heavy atom. The molecule has 0 spiro atoms. The highest BCUT2D eigenvalue weighted by Gasteiger charge is 2.47. The van der Waals surface area contributed by atoms with E-state index in [1.165, 1.54) is 50.6 Å². The van der Waals surface area contributed by atoms with Crippen LogP contribution in [0.2, 0.25) is 0 Å². The van der Waals surface area contributed by atoms with Crippen molar-refractivity contribution in [2.45, 2.75) is 30.3 Å². The summed E-state index contributed by atoms with van der Waals surface area (Å²) in [5, 5.41) is 8.34. The Kier molecular flexibility index (Phi) is 6.48. The summed E-state index contributed by atoms with van der Waals surface area (Å²) in [6.07, 6.45) is -0.296. The minimum atomic E-state index is -1.55. The predicted molar refractivity (Wildman–Crippen MR) is 111 cm³/mol. The molecule has 0 radical (unpaired) electrons. The zero-order valence-electron chi connectivity index (χ0n) is 16.4. The highest BCUT2D eigenvalue weighted by Crippen LogP contribution is 2.42. The number of aliphatic imine (C=N–C) groups is 1. The van der Waals surface area contributed by atoms with Gasteiger partial charge in [-0.15, -0.1) is 0 Å². The van der Waals surface area contributed by atoms with Crippen molar-refractivity contribution in [1.82, 2.24) is 4.98 Å². The summed E-state index contributed by atoms with van der Waals surface area (Å²) in [7, 11) is 1.45. The molecule has 0 unspecified atom stereocenters. The summed E-state index contributed by atoms with van der Waals surface area (Å²) >= 11 is 1.06. The second kappa shape index (κ2) is 8.90. The quantitative estimate of drug-likeness (QED) is 0.707. The second-order valence-electron chi connectivity index (χ2n) is 7.07. The number of nitrogens with two attached hydrogens (primary N) is 1. The van der Waals surface area contributed by atoms with Gasteiger partial charge in [0.05, 0.1) is 17.4 Å². The van der Waals surface area contributed by atoms with Gasteiger partial charge in [-0.1, -0.05) is 17.8 Å². The number of hydrogen-bond donors (Lipinski definition) is 1. The number of ketones is 1. The van der Waals surface area contributed by atoms with Gasteiger partial charge in [-0.2, -0.15) is 5.26 Å². The van der Waals surface area contributed by atoms with Crippen LogP contribution in [0.25, 0.3) is 0 Å². The maximum absolute atomic E-state index is 15.3. The number of Topliss-reactive ketones (excluding diaryl/α,β-unsaturated/α-hetero) is 1. The molecule has 1 aromatic carbocycles. The summed E-state index contributed by atoms with van der Waals surface area (Å²) in [4.78, 5) is 20.7. The molecule has 156 valence electrons. The van der Waals surface area contributed by atoms with E-state index in [1.54, 1.807) is 0 Å². The van der Waals surface area contributed by atoms with Crippen LogP contribution in [0.4, 0.5) is 8.78 Å². The number of rotatable bonds is 6. The van der Waals surface area contributed by atoms with Crippen LogP contribution in [-0.2, 0) is 16.7 Å². The third-order valence-corrected chi connectivity index (χ3v) is 5.94. The number of benzene rings is 1. The van der Waals surface area contributed by atoms with Crippen LogP contribution in [0.3, 0.4) is 0 Å². The van der Waals surface area contributed by atoms with E-state index >= 15 is 4.39 Å². The number of ether oxygens (including phenoxy) is 1. The number of methoxy groups -OCH3 is 1. The van der Waals surface area contributed by atoms with Gasteiger partial charge in [0, 0.05) is 25.3 Å². The Balaban J connectivity index is 1.91. The molecule has 1 aliphatic rings. The fourth-order valence-corrected chi connectivity index (χ4v) is 4.50. The van der Waals surface area contributed by atoms with E-state index in [2.05, 4.69) is 9.98 Å². The maximum atomic E-state index is 15.3. The van der Waals surface area contributed by atoms with Crippen molar-refractivity contribution >= 4 is 22.7 Å². The summed E-state index contributed by atoms with van der Waals surface area (Å²) in [6, 6.07) is 9.00. The van der Waals surface area contributed by atoms with E-state index in [4.69, 9.17) is 15.7 Å². The van der Waals surface area contributed by atoms with E-state index < -0.39 is 22.8 Å². The number of hydrogen-bond acceptors (Lipinski definition) is 7. The van der Waals surface area contributed by atoms with Gasteiger partial charge in [-0.05, 0) is 36.8 Å². The van der Waals surface area contributed by atoms with Gasteiger partial charge in [0.25, 0.3) is 0 Å². The van der Waals surface area contributed by atoms with Gasteiger partial charge in [-0.3, -0.25) is 9.78 Å². The molecule has 0 aliphatic carbocycles. The Labute approximate surface area is 177 Å². The molecule has 1 aromatic heterocycles. The number of carbonyl (C=O) groups is 1. The van der Waals surface area contributed by atoms with E-state index in [0.29, 0.717) is 11.1 Å². The molecule has 2 heterocycles. The van der Waals surface area contributed by atoms with Crippen molar-refractivity contribution in [3.8, 4) is 6.07 Å². The molecule has 6 nitrogen and oxygen atoms in total. The molecular formula is C21H20F2N4O2S. The van der Waals surface area contributed by atoms with Gasteiger partial charge in [-0.25, -0.2) is 13.8 Å². The molecule has 9 heteroatoms. The average molecular weight is 430 g/mol. The lowest BCUT2D eigenvalue weighted by atomic mass is 9.84. The molecule has 0 saturated carbocycles. The van der Waals surface area contributed by atoms with Gasteiger partial charge >= 0.3 is 0 Å². The Hall–Kier alpha value is -2.83. The molecule has 3 atom stereocenters. The molecule has 1 aliphatic heterocycles. The van der Waals surface area contributed by atoms with E-state index in [9.17, 15) is 9.18 Å². The van der Waals surface area contributed by atoms with Crippen LogP contribution in [-0.4, -0.2) is 41.1 Å². The van der Waals surface area contributed by atoms with Crippen LogP contribution < -0.4 is 5.73 Å². The number of alkyl halides is 1. The van der Waals surface area contributed by atoms with Gasteiger partial charge < -0.3 is 10.5 Å². The van der Waals surface area contributed by atoms with Crippen molar-refractivity contribution < 1.29 is 18.3 Å². The minimum Gasteiger partial charge on any atom is -0.383 e. The largest absolute Gasteiger partial charge is 0.383 e. The summed E-state index contributed by atoms with van der Waals surface area (Å²) < 4.78 is 35.1. The Bertz CT molecular complexity index is 1020. The monoisotopic (exact) mass is 430 g/mol. The van der Waals surface area contributed by atoms with Gasteiger partial charge in [0.1, 0.15) is 29.3 Å². The Morgan fingerprint density at radius 1 is 1.40 bits per heavy atom. The first-order valence-electron chi connectivity index (χ1n) is 9.11. The van der Waals surface area contributed by atoms with Crippen molar-refractivity contribution in [2.24, 2.45) is 10.7 Å². The minimum absolute atomic E-state index is 0.0254. The van der Waals surface area contributed by atoms with Crippen molar-refractivity contribution in [3.05, 3.63) is 64.7 Å². The highest BCUT2D eigenvalue weighted by atomic mass is 32.2. The van der Waals surface area contributed by atoms with Crippen LogP contribution in [0.15, 0.2) is 41.5 Å². The fourth-order valence-electron chi connectivity index (χ4n) is 3.36. The SMILES string of the molecule is COC[C@H]1SC(N)=N[C@](C)(c2cc(CC(=O)c3ccc(C#N)cn3)ccc2F)[C@H]1F. The number of halogens is 2. The average Bonchev–Trinajstić information content (AvgIpc) is 2.73. The number of carbonyl (C=O) groups excluding carboxylic acids is 1. The number of pyridine rings is 1. The normalized spacial score (nSPS) is 23.5. The van der Waals surface area contributed by atoms with Crippen LogP contribution in [0, 0.1) is 17.1 Å². The van der Waals surface area contributed by atoms with E-state index in [1.807, 2.05) is 6.07 Å². The maximum Gasteiger partial charge on any atom is 0.185 e. The van der Waals surface area contributed by atoms with Crippen LogP contribution in [0.1, 0.15) is 34.1 Å². The molecule has 0 amide bonds. The number of amidine groups is 1. The number of nitrogens with zero attached hydrogens (tertiary/aromatic N) is 3. The van der Waals surface area contributed by atoms with Crippen LogP contribution in [0.5, 0.6) is 0 Å². The van der Waals surface area contributed by atoms with Gasteiger partial charge in [0.2, 0.25) is 0 Å². The number of aromatic nitrogens is 1. The molecular weight excluding hydrogens is 410 g/mol. The van der Waals surface area contributed by atoms with E-state index in [0.717, 1.165) is 11.8 Å². The highest BCUT2D eigenvalue weighted by molar-refractivity contribution is 8.14. The zero-order valence-corrected chi connectivity index (χ0v) is 17.2.